The molecule has 1 heterocycles. The Balaban J connectivity index is 1.57. The van der Waals surface area contributed by atoms with Gasteiger partial charge in [-0.1, -0.05) is 23.2 Å². The van der Waals surface area contributed by atoms with Crippen molar-refractivity contribution >= 4 is 40.8 Å². The summed E-state index contributed by atoms with van der Waals surface area (Å²) in [6, 6.07) is 4.93. The van der Waals surface area contributed by atoms with Crippen LogP contribution < -0.4 is 5.32 Å². The molecule has 110 valence electrons. The number of carbonyl (C=O) groups excluding carboxylic acids is 2. The van der Waals surface area contributed by atoms with Crippen LogP contribution in [0, 0.1) is 23.7 Å². The van der Waals surface area contributed by atoms with Gasteiger partial charge in [-0.3, -0.25) is 9.59 Å². The number of hydrogen-bond donors (Lipinski definition) is 1. The first-order valence-corrected chi connectivity index (χ1v) is 7.76. The first-order chi connectivity index (χ1) is 10.0. The fourth-order valence-electron chi connectivity index (χ4n) is 4.17. The van der Waals surface area contributed by atoms with E-state index in [-0.39, 0.29) is 41.7 Å². The van der Waals surface area contributed by atoms with Crippen molar-refractivity contribution in [1.82, 2.24) is 0 Å². The average molecular weight is 326 g/mol. The molecule has 1 amide bonds. The van der Waals surface area contributed by atoms with E-state index in [9.17, 15) is 9.59 Å². The van der Waals surface area contributed by atoms with Gasteiger partial charge in [0.05, 0.1) is 22.5 Å². The molecule has 4 rings (SSSR count). The summed E-state index contributed by atoms with van der Waals surface area (Å²) in [5.41, 5.74) is 0.525. The van der Waals surface area contributed by atoms with E-state index in [1.54, 1.807) is 18.2 Å². The van der Waals surface area contributed by atoms with Gasteiger partial charge in [0.25, 0.3) is 0 Å². The third kappa shape index (κ3) is 1.96. The average Bonchev–Trinajstić information content (AvgIpc) is 3.02. The van der Waals surface area contributed by atoms with Crippen LogP contribution in [0.15, 0.2) is 18.2 Å². The van der Waals surface area contributed by atoms with Crippen molar-refractivity contribution < 1.29 is 14.3 Å². The van der Waals surface area contributed by atoms with E-state index >= 15 is 0 Å². The first kappa shape index (κ1) is 13.4. The highest BCUT2D eigenvalue weighted by atomic mass is 35.5. The molecule has 21 heavy (non-hydrogen) atoms. The summed E-state index contributed by atoms with van der Waals surface area (Å²) in [4.78, 5) is 24.5. The monoisotopic (exact) mass is 325 g/mol. The molecule has 4 nitrogen and oxygen atoms in total. The maximum absolute atomic E-state index is 12.6. The van der Waals surface area contributed by atoms with Crippen LogP contribution >= 0.6 is 23.2 Å². The Morgan fingerprint density at radius 3 is 2.86 bits per heavy atom. The van der Waals surface area contributed by atoms with Crippen LogP contribution in [0.1, 0.15) is 12.8 Å². The zero-order valence-corrected chi connectivity index (χ0v) is 12.5. The number of ether oxygens (including phenoxy) is 1. The Morgan fingerprint density at radius 1 is 1.29 bits per heavy atom. The third-order valence-corrected chi connectivity index (χ3v) is 5.52. The molecule has 1 aromatic rings. The molecule has 6 heteroatoms. The van der Waals surface area contributed by atoms with Crippen LogP contribution in [-0.4, -0.2) is 18.0 Å². The maximum Gasteiger partial charge on any atom is 0.310 e. The summed E-state index contributed by atoms with van der Waals surface area (Å²) in [6.45, 7) is 0. The quantitative estimate of drug-likeness (QED) is 0.850. The van der Waals surface area contributed by atoms with Gasteiger partial charge in [0.1, 0.15) is 6.10 Å². The predicted molar refractivity (Wildman–Crippen MR) is 78.2 cm³/mol. The molecule has 2 bridgehead atoms. The Morgan fingerprint density at radius 2 is 2.10 bits per heavy atom. The van der Waals surface area contributed by atoms with E-state index in [1.165, 1.54) is 0 Å². The second-order valence-electron chi connectivity index (χ2n) is 6.04. The lowest BCUT2D eigenvalue weighted by atomic mass is 9.79. The summed E-state index contributed by atoms with van der Waals surface area (Å²) in [7, 11) is 0. The molecule has 2 saturated carbocycles. The molecular weight excluding hydrogens is 313 g/mol. The Kier molecular flexibility index (Phi) is 2.95. The number of amides is 1. The van der Waals surface area contributed by atoms with Crippen molar-refractivity contribution in [2.45, 2.75) is 18.9 Å². The Labute approximate surface area is 131 Å². The minimum atomic E-state index is -0.298. The molecule has 2 aliphatic carbocycles. The van der Waals surface area contributed by atoms with Crippen LogP contribution in [0.3, 0.4) is 0 Å². The van der Waals surface area contributed by atoms with Gasteiger partial charge in [-0.25, -0.2) is 0 Å². The van der Waals surface area contributed by atoms with Gasteiger partial charge in [0.2, 0.25) is 5.91 Å². The Hall–Kier alpha value is -1.26. The first-order valence-electron chi connectivity index (χ1n) is 7.01. The minimum absolute atomic E-state index is 0.0377. The third-order valence-electron chi connectivity index (χ3n) is 4.97. The van der Waals surface area contributed by atoms with Gasteiger partial charge in [-0.05, 0) is 37.0 Å². The van der Waals surface area contributed by atoms with Gasteiger partial charge < -0.3 is 10.1 Å². The number of anilines is 1. The lowest BCUT2D eigenvalue weighted by molar-refractivity contribution is -0.145. The topological polar surface area (TPSA) is 55.4 Å². The largest absolute Gasteiger partial charge is 0.462 e. The van der Waals surface area contributed by atoms with Crippen LogP contribution in [0.5, 0.6) is 0 Å². The molecule has 0 spiro atoms. The number of carbonyl (C=O) groups is 2. The number of fused-ring (bicyclic) bond motifs is 1. The summed E-state index contributed by atoms with van der Waals surface area (Å²) < 4.78 is 5.35. The number of hydrogen-bond acceptors (Lipinski definition) is 3. The highest BCUT2D eigenvalue weighted by Crippen LogP contribution is 2.57. The van der Waals surface area contributed by atoms with Gasteiger partial charge in [0, 0.05) is 10.9 Å². The van der Waals surface area contributed by atoms with Gasteiger partial charge in [0.15, 0.2) is 0 Å². The van der Waals surface area contributed by atoms with Crippen molar-refractivity contribution in [3.8, 4) is 0 Å². The van der Waals surface area contributed by atoms with Crippen LogP contribution in [0.25, 0.3) is 0 Å². The number of nitrogens with one attached hydrogen (secondary N) is 1. The summed E-state index contributed by atoms with van der Waals surface area (Å²) in [6.07, 6.45) is 1.75. The molecule has 1 aliphatic heterocycles. The van der Waals surface area contributed by atoms with Crippen molar-refractivity contribution in [3.05, 3.63) is 28.2 Å². The number of benzene rings is 1. The molecule has 0 aromatic heterocycles. The van der Waals surface area contributed by atoms with E-state index in [1.807, 2.05) is 0 Å². The standard InChI is InChI=1S/C15H13Cl2NO3/c16-7-1-2-10(9(17)5-7)18-14(19)12-6-3-8-11(4-6)21-15(20)13(8)12/h1-2,5-6,8,11-13H,3-4H2,(H,18,19)/t6-,8+,11+,12-,13+/m1/s1. The van der Waals surface area contributed by atoms with E-state index in [0.717, 1.165) is 12.8 Å². The van der Waals surface area contributed by atoms with E-state index < -0.39 is 0 Å². The molecule has 0 unspecified atom stereocenters. The molecule has 1 saturated heterocycles. The normalized spacial score (nSPS) is 35.9. The smallest absolute Gasteiger partial charge is 0.310 e. The fraction of sp³-hybridized carbons (Fsp3) is 0.467. The van der Waals surface area contributed by atoms with Crippen LogP contribution in [0.4, 0.5) is 5.69 Å². The van der Waals surface area contributed by atoms with Crippen LogP contribution in [-0.2, 0) is 14.3 Å². The second kappa shape index (κ2) is 4.62. The molecule has 3 fully saturated rings. The highest BCUT2D eigenvalue weighted by Gasteiger charge is 2.63. The number of halogens is 2. The van der Waals surface area contributed by atoms with Crippen molar-refractivity contribution in [2.24, 2.45) is 23.7 Å². The molecule has 1 N–H and O–H groups in total. The Bertz CT molecular complexity index is 646. The van der Waals surface area contributed by atoms with E-state index in [4.69, 9.17) is 27.9 Å². The summed E-state index contributed by atoms with van der Waals surface area (Å²) >= 11 is 11.9. The molecule has 3 aliphatic rings. The summed E-state index contributed by atoms with van der Waals surface area (Å²) in [5, 5.41) is 3.74. The molecular formula is C15H13Cl2NO3. The molecule has 0 radical (unpaired) electrons. The second-order valence-corrected chi connectivity index (χ2v) is 6.88. The van der Waals surface area contributed by atoms with Crippen LogP contribution in [0.2, 0.25) is 10.0 Å². The minimum Gasteiger partial charge on any atom is -0.462 e. The van der Waals surface area contributed by atoms with Crippen molar-refractivity contribution in [1.29, 1.82) is 0 Å². The van der Waals surface area contributed by atoms with Gasteiger partial charge in [-0.2, -0.15) is 0 Å². The van der Waals surface area contributed by atoms with Gasteiger partial charge in [-0.15, -0.1) is 0 Å². The predicted octanol–water partition coefficient (Wildman–Crippen LogP) is 3.13. The lowest BCUT2D eigenvalue weighted by Crippen LogP contribution is -2.35. The summed E-state index contributed by atoms with van der Waals surface area (Å²) in [5.74, 6) is -0.476. The molecule has 1 aromatic carbocycles. The van der Waals surface area contributed by atoms with Crippen molar-refractivity contribution in [2.75, 3.05) is 5.32 Å². The highest BCUT2D eigenvalue weighted by molar-refractivity contribution is 6.36. The molecule has 5 atom stereocenters. The van der Waals surface area contributed by atoms with E-state index in [2.05, 4.69) is 5.32 Å². The zero-order valence-electron chi connectivity index (χ0n) is 11.0. The lowest BCUT2D eigenvalue weighted by Gasteiger charge is -2.23. The number of esters is 1. The fourth-order valence-corrected chi connectivity index (χ4v) is 4.63. The van der Waals surface area contributed by atoms with Crippen molar-refractivity contribution in [3.63, 3.8) is 0 Å². The SMILES string of the molecule is O=C(Nc1ccc(Cl)cc1Cl)[C@@H]1[C@@H]2C[C@@H]3[C@@H]1C(=O)O[C@H]3C2. The van der Waals surface area contributed by atoms with Gasteiger partial charge >= 0.3 is 5.97 Å². The zero-order chi connectivity index (χ0) is 14.7. The maximum atomic E-state index is 12.6. The number of rotatable bonds is 2. The van der Waals surface area contributed by atoms with E-state index in [0.29, 0.717) is 15.7 Å².